The smallest absolute Gasteiger partial charge is 0.227 e. The standard InChI is InChI=1S/C16H24N4O2/c1-2-12-8-15(20-9-11-7-14(21)13(11)10-20)18-16(17-12)19-3-5-22-6-4-19/h8,11,13-14,21H,2-7,9-10H2,1H3/t11-,13+,14+/m1/s1. The van der Waals surface area contributed by atoms with Gasteiger partial charge in [-0.2, -0.15) is 4.98 Å². The van der Waals surface area contributed by atoms with Crippen molar-refractivity contribution >= 4 is 11.8 Å². The molecule has 1 saturated carbocycles. The van der Waals surface area contributed by atoms with E-state index < -0.39 is 0 Å². The summed E-state index contributed by atoms with van der Waals surface area (Å²) in [5.74, 6) is 2.93. The molecule has 22 heavy (non-hydrogen) atoms. The van der Waals surface area contributed by atoms with Crippen LogP contribution in [-0.2, 0) is 11.2 Å². The Morgan fingerprint density at radius 3 is 2.73 bits per heavy atom. The maximum atomic E-state index is 9.86. The van der Waals surface area contributed by atoms with Crippen LogP contribution in [0.4, 0.5) is 11.8 Å². The van der Waals surface area contributed by atoms with Crippen LogP contribution in [0.15, 0.2) is 6.07 Å². The number of ether oxygens (including phenoxy) is 1. The average molecular weight is 304 g/mol. The third-order valence-electron chi connectivity index (χ3n) is 5.26. The first-order chi connectivity index (χ1) is 10.7. The summed E-state index contributed by atoms with van der Waals surface area (Å²) in [7, 11) is 0. The van der Waals surface area contributed by atoms with Crippen LogP contribution in [0.1, 0.15) is 19.0 Å². The molecule has 2 aliphatic heterocycles. The summed E-state index contributed by atoms with van der Waals surface area (Å²) in [6.07, 6.45) is 1.75. The average Bonchev–Trinajstić information content (AvgIpc) is 2.92. The van der Waals surface area contributed by atoms with Crippen LogP contribution < -0.4 is 9.80 Å². The van der Waals surface area contributed by atoms with Crippen LogP contribution in [0.25, 0.3) is 0 Å². The lowest BCUT2D eigenvalue weighted by Gasteiger charge is -2.34. The summed E-state index contributed by atoms with van der Waals surface area (Å²) >= 11 is 0. The Kier molecular flexibility index (Phi) is 3.66. The van der Waals surface area contributed by atoms with E-state index in [1.807, 2.05) is 0 Å². The molecule has 0 aromatic carbocycles. The Labute approximate surface area is 131 Å². The van der Waals surface area contributed by atoms with E-state index in [4.69, 9.17) is 14.7 Å². The van der Waals surface area contributed by atoms with E-state index in [9.17, 15) is 5.11 Å². The Morgan fingerprint density at radius 1 is 1.23 bits per heavy atom. The second kappa shape index (κ2) is 5.66. The molecule has 4 rings (SSSR count). The maximum Gasteiger partial charge on any atom is 0.227 e. The van der Waals surface area contributed by atoms with E-state index in [2.05, 4.69) is 22.8 Å². The van der Waals surface area contributed by atoms with Gasteiger partial charge in [-0.25, -0.2) is 4.98 Å². The maximum absolute atomic E-state index is 9.86. The number of rotatable bonds is 3. The summed E-state index contributed by atoms with van der Waals surface area (Å²) in [5, 5.41) is 9.86. The van der Waals surface area contributed by atoms with E-state index in [1.165, 1.54) is 0 Å². The molecule has 0 radical (unpaired) electrons. The Bertz CT molecular complexity index is 547. The number of fused-ring (bicyclic) bond motifs is 1. The minimum absolute atomic E-state index is 0.110. The first kappa shape index (κ1) is 14.2. The van der Waals surface area contributed by atoms with Crippen molar-refractivity contribution in [1.82, 2.24) is 9.97 Å². The van der Waals surface area contributed by atoms with Gasteiger partial charge in [0, 0.05) is 43.9 Å². The van der Waals surface area contributed by atoms with Gasteiger partial charge in [-0.3, -0.25) is 0 Å². The second-order valence-corrected chi connectivity index (χ2v) is 6.60. The molecule has 0 bridgehead atoms. The van der Waals surface area contributed by atoms with Gasteiger partial charge in [0.25, 0.3) is 0 Å². The highest BCUT2D eigenvalue weighted by Crippen LogP contribution is 2.42. The predicted molar refractivity (Wildman–Crippen MR) is 84.3 cm³/mol. The lowest BCUT2D eigenvalue weighted by molar-refractivity contribution is -0.00398. The number of aromatic nitrogens is 2. The van der Waals surface area contributed by atoms with Gasteiger partial charge in [-0.15, -0.1) is 0 Å². The van der Waals surface area contributed by atoms with Gasteiger partial charge in [-0.05, 0) is 18.8 Å². The molecule has 1 aliphatic carbocycles. The second-order valence-electron chi connectivity index (χ2n) is 6.60. The summed E-state index contributed by atoms with van der Waals surface area (Å²) < 4.78 is 5.42. The highest BCUT2D eigenvalue weighted by atomic mass is 16.5. The molecule has 3 atom stereocenters. The molecule has 1 aromatic heterocycles. The van der Waals surface area contributed by atoms with Crippen molar-refractivity contribution < 1.29 is 9.84 Å². The number of morpholine rings is 1. The van der Waals surface area contributed by atoms with Gasteiger partial charge in [0.05, 0.1) is 19.3 Å². The topological polar surface area (TPSA) is 61.7 Å². The minimum Gasteiger partial charge on any atom is -0.393 e. The minimum atomic E-state index is -0.110. The molecule has 120 valence electrons. The quantitative estimate of drug-likeness (QED) is 0.887. The van der Waals surface area contributed by atoms with Crippen molar-refractivity contribution in [3.63, 3.8) is 0 Å². The van der Waals surface area contributed by atoms with Gasteiger partial charge < -0.3 is 19.6 Å². The molecule has 3 fully saturated rings. The van der Waals surface area contributed by atoms with E-state index >= 15 is 0 Å². The van der Waals surface area contributed by atoms with E-state index in [0.717, 1.165) is 69.7 Å². The molecule has 0 spiro atoms. The number of nitrogens with zero attached hydrogens (tertiary/aromatic N) is 4. The fourth-order valence-corrected chi connectivity index (χ4v) is 3.78. The molecule has 1 aromatic rings. The Balaban J connectivity index is 1.58. The van der Waals surface area contributed by atoms with Crippen molar-refractivity contribution in [2.24, 2.45) is 11.8 Å². The molecule has 3 heterocycles. The Morgan fingerprint density at radius 2 is 2.05 bits per heavy atom. The van der Waals surface area contributed by atoms with Gasteiger partial charge >= 0.3 is 0 Å². The molecular weight excluding hydrogens is 280 g/mol. The summed E-state index contributed by atoms with van der Waals surface area (Å²) in [4.78, 5) is 14.1. The SMILES string of the molecule is CCc1cc(N2C[C@H]3C[C@H](O)[C@H]3C2)nc(N2CCOCC2)n1. The third-order valence-corrected chi connectivity index (χ3v) is 5.26. The van der Waals surface area contributed by atoms with Crippen LogP contribution in [-0.4, -0.2) is 60.6 Å². The number of aryl methyl sites for hydroxylation is 1. The number of aliphatic hydroxyl groups is 1. The lowest BCUT2D eigenvalue weighted by Crippen LogP contribution is -2.39. The monoisotopic (exact) mass is 304 g/mol. The normalized spacial score (nSPS) is 31.1. The van der Waals surface area contributed by atoms with Crippen LogP contribution in [0.3, 0.4) is 0 Å². The van der Waals surface area contributed by atoms with Crippen LogP contribution in [0.2, 0.25) is 0 Å². The fourth-order valence-electron chi connectivity index (χ4n) is 3.78. The van der Waals surface area contributed by atoms with Gasteiger partial charge in [0.15, 0.2) is 0 Å². The fraction of sp³-hybridized carbons (Fsp3) is 0.750. The van der Waals surface area contributed by atoms with Crippen molar-refractivity contribution in [1.29, 1.82) is 0 Å². The Hall–Kier alpha value is -1.40. The van der Waals surface area contributed by atoms with E-state index in [-0.39, 0.29) is 6.10 Å². The van der Waals surface area contributed by atoms with Crippen molar-refractivity contribution in [3.05, 3.63) is 11.8 Å². The van der Waals surface area contributed by atoms with E-state index in [0.29, 0.717) is 11.8 Å². The number of hydrogen-bond donors (Lipinski definition) is 1. The molecule has 6 nitrogen and oxygen atoms in total. The highest BCUT2D eigenvalue weighted by Gasteiger charge is 2.46. The first-order valence-corrected chi connectivity index (χ1v) is 8.38. The van der Waals surface area contributed by atoms with Gasteiger partial charge in [0.2, 0.25) is 5.95 Å². The zero-order valence-electron chi connectivity index (χ0n) is 13.1. The third kappa shape index (κ3) is 2.44. The number of aliphatic hydroxyl groups excluding tert-OH is 1. The van der Waals surface area contributed by atoms with Gasteiger partial charge in [-0.1, -0.05) is 6.92 Å². The largest absolute Gasteiger partial charge is 0.393 e. The van der Waals surface area contributed by atoms with Crippen LogP contribution in [0, 0.1) is 11.8 Å². The van der Waals surface area contributed by atoms with Crippen LogP contribution in [0.5, 0.6) is 0 Å². The highest BCUT2D eigenvalue weighted by molar-refractivity contribution is 5.48. The van der Waals surface area contributed by atoms with Crippen LogP contribution >= 0.6 is 0 Å². The lowest BCUT2D eigenvalue weighted by atomic mass is 9.74. The zero-order valence-corrected chi connectivity index (χ0v) is 13.1. The number of hydrogen-bond acceptors (Lipinski definition) is 6. The van der Waals surface area contributed by atoms with Crippen molar-refractivity contribution in [2.45, 2.75) is 25.9 Å². The first-order valence-electron chi connectivity index (χ1n) is 8.38. The molecule has 0 unspecified atom stereocenters. The molecule has 3 aliphatic rings. The van der Waals surface area contributed by atoms with E-state index in [1.54, 1.807) is 0 Å². The summed E-state index contributed by atoms with van der Waals surface area (Å²) in [5.41, 5.74) is 1.09. The summed E-state index contributed by atoms with van der Waals surface area (Å²) in [6.45, 7) is 7.28. The summed E-state index contributed by atoms with van der Waals surface area (Å²) in [6, 6.07) is 2.11. The van der Waals surface area contributed by atoms with Crippen molar-refractivity contribution in [3.8, 4) is 0 Å². The molecule has 1 N–H and O–H groups in total. The molecular formula is C16H24N4O2. The molecule has 2 saturated heterocycles. The zero-order chi connectivity index (χ0) is 15.1. The molecule has 0 amide bonds. The van der Waals surface area contributed by atoms with Gasteiger partial charge in [0.1, 0.15) is 5.82 Å². The number of anilines is 2. The van der Waals surface area contributed by atoms with Crippen molar-refractivity contribution in [2.75, 3.05) is 49.2 Å². The predicted octanol–water partition coefficient (Wildman–Crippen LogP) is 0.693. The molecule has 6 heteroatoms.